The topological polar surface area (TPSA) is 43.4 Å². The molecule has 0 atom stereocenters. The molecule has 0 rings (SSSR count). The second-order valence-electron chi connectivity index (χ2n) is 1.28. The Morgan fingerprint density at radius 1 is 1.40 bits per heavy atom. The average Bonchev–Trinajstić information content (AvgIpc) is 1.64. The summed E-state index contributed by atoms with van der Waals surface area (Å²) < 4.78 is 25.1. The SMILES string of the molecule is C=CCS(=O)(=O)OC=C.[NaH]. The van der Waals surface area contributed by atoms with Crippen LogP contribution in [0.4, 0.5) is 0 Å². The van der Waals surface area contributed by atoms with Crippen molar-refractivity contribution in [1.82, 2.24) is 0 Å². The van der Waals surface area contributed by atoms with Gasteiger partial charge in [0, 0.05) is 0 Å². The number of hydrogen-bond acceptors (Lipinski definition) is 3. The molecule has 0 aliphatic carbocycles. The molecule has 0 spiro atoms. The van der Waals surface area contributed by atoms with Crippen molar-refractivity contribution >= 4 is 39.7 Å². The molecule has 3 nitrogen and oxygen atoms in total. The predicted octanol–water partition coefficient (Wildman–Crippen LogP) is 0.0138. The van der Waals surface area contributed by atoms with Crippen LogP contribution in [0.1, 0.15) is 0 Å². The van der Waals surface area contributed by atoms with Crippen LogP contribution >= 0.6 is 0 Å². The summed E-state index contributed by atoms with van der Waals surface area (Å²) in [6.45, 7) is 6.33. The van der Waals surface area contributed by atoms with E-state index in [-0.39, 0.29) is 35.3 Å². The fraction of sp³-hybridized carbons (Fsp3) is 0.200. The molecule has 5 heteroatoms. The molecule has 0 aromatic carbocycles. The normalized spacial score (nSPS) is 9.20. The van der Waals surface area contributed by atoms with E-state index in [2.05, 4.69) is 17.3 Å². The first-order valence-electron chi connectivity index (χ1n) is 2.25. The van der Waals surface area contributed by atoms with Crippen LogP contribution in [0.2, 0.25) is 0 Å². The second-order valence-corrected chi connectivity index (χ2v) is 2.92. The standard InChI is InChI=1S/C5H8O3S.Na.H/c1-3-5-9(6,7)8-4-2;;/h3-4H,1-2,5H2;;. The summed E-state index contributed by atoms with van der Waals surface area (Å²) in [6.07, 6.45) is 2.12. The molecular formula is C5H9NaO3S. The molecule has 54 valence electrons. The molecule has 0 aromatic rings. The van der Waals surface area contributed by atoms with Crippen LogP contribution in [-0.4, -0.2) is 43.7 Å². The Bertz CT molecular complexity index is 179. The maximum atomic E-state index is 10.5. The summed E-state index contributed by atoms with van der Waals surface area (Å²) in [5.74, 6) is -0.182. The van der Waals surface area contributed by atoms with E-state index in [0.29, 0.717) is 0 Å². The number of hydrogen-bond donors (Lipinski definition) is 0. The Hall–Kier alpha value is 0.230. The summed E-state index contributed by atoms with van der Waals surface area (Å²) in [7, 11) is -3.42. The van der Waals surface area contributed by atoms with Gasteiger partial charge in [-0.15, -0.1) is 6.58 Å². The zero-order chi connectivity index (χ0) is 7.33. The Kier molecular flexibility index (Phi) is 7.69. The molecule has 0 saturated heterocycles. The van der Waals surface area contributed by atoms with Gasteiger partial charge in [-0.3, -0.25) is 0 Å². The molecule has 0 radical (unpaired) electrons. The third-order valence-electron chi connectivity index (χ3n) is 0.537. The monoisotopic (exact) mass is 172 g/mol. The van der Waals surface area contributed by atoms with E-state index in [4.69, 9.17) is 0 Å². The molecule has 0 unspecified atom stereocenters. The molecule has 0 heterocycles. The summed E-state index contributed by atoms with van der Waals surface area (Å²) in [5.41, 5.74) is 0. The summed E-state index contributed by atoms with van der Waals surface area (Å²) in [4.78, 5) is 0. The van der Waals surface area contributed by atoms with Gasteiger partial charge in [0.25, 0.3) is 0 Å². The zero-order valence-electron chi connectivity index (χ0n) is 4.91. The summed E-state index contributed by atoms with van der Waals surface area (Å²) >= 11 is 0. The van der Waals surface area contributed by atoms with Gasteiger partial charge >= 0.3 is 39.7 Å². The van der Waals surface area contributed by atoms with Gasteiger partial charge in [0.2, 0.25) is 0 Å². The first kappa shape index (κ1) is 12.9. The van der Waals surface area contributed by atoms with E-state index >= 15 is 0 Å². The van der Waals surface area contributed by atoms with Gasteiger partial charge in [-0.25, -0.2) is 0 Å². The zero-order valence-corrected chi connectivity index (χ0v) is 5.73. The van der Waals surface area contributed by atoms with Crippen molar-refractivity contribution in [3.8, 4) is 0 Å². The molecule has 0 saturated carbocycles. The summed E-state index contributed by atoms with van der Waals surface area (Å²) in [6, 6.07) is 0. The van der Waals surface area contributed by atoms with Crippen LogP contribution in [0.5, 0.6) is 0 Å². The van der Waals surface area contributed by atoms with Crippen LogP contribution in [0.15, 0.2) is 25.5 Å². The van der Waals surface area contributed by atoms with Gasteiger partial charge in [0.1, 0.15) is 5.75 Å². The fourth-order valence-corrected chi connectivity index (χ4v) is 0.862. The molecule has 0 aliphatic heterocycles. The van der Waals surface area contributed by atoms with Crippen molar-refractivity contribution < 1.29 is 12.6 Å². The van der Waals surface area contributed by atoms with E-state index in [1.807, 2.05) is 0 Å². The molecule has 10 heavy (non-hydrogen) atoms. The number of rotatable bonds is 4. The van der Waals surface area contributed by atoms with Gasteiger partial charge in [-0.2, -0.15) is 8.42 Å². The van der Waals surface area contributed by atoms with Gasteiger partial charge in [0.05, 0.1) is 6.26 Å². The van der Waals surface area contributed by atoms with Crippen molar-refractivity contribution in [2.75, 3.05) is 5.75 Å². The fourth-order valence-electron chi connectivity index (χ4n) is 0.287. The second kappa shape index (κ2) is 5.97. The Morgan fingerprint density at radius 3 is 2.20 bits per heavy atom. The van der Waals surface area contributed by atoms with Crippen molar-refractivity contribution in [3.63, 3.8) is 0 Å². The van der Waals surface area contributed by atoms with Crippen LogP contribution < -0.4 is 0 Å². The third-order valence-corrected chi connectivity index (χ3v) is 1.61. The first-order valence-corrected chi connectivity index (χ1v) is 3.83. The molecule has 0 aliphatic rings. The average molecular weight is 172 g/mol. The van der Waals surface area contributed by atoms with Crippen molar-refractivity contribution in [2.45, 2.75) is 0 Å². The predicted molar refractivity (Wildman–Crippen MR) is 42.4 cm³/mol. The summed E-state index contributed by atoms with van der Waals surface area (Å²) in [5, 5.41) is 0. The van der Waals surface area contributed by atoms with Crippen LogP contribution in [0.25, 0.3) is 0 Å². The molecule has 0 fully saturated rings. The van der Waals surface area contributed by atoms with E-state index in [1.165, 1.54) is 6.08 Å². The van der Waals surface area contributed by atoms with Crippen molar-refractivity contribution in [3.05, 3.63) is 25.5 Å². The molecule has 0 bridgehead atoms. The van der Waals surface area contributed by atoms with E-state index in [0.717, 1.165) is 6.26 Å². The third kappa shape index (κ3) is 6.35. The molecule has 0 aromatic heterocycles. The Labute approximate surface area is 83.2 Å². The van der Waals surface area contributed by atoms with E-state index in [9.17, 15) is 8.42 Å². The quantitative estimate of drug-likeness (QED) is 0.260. The van der Waals surface area contributed by atoms with E-state index in [1.54, 1.807) is 0 Å². The van der Waals surface area contributed by atoms with Crippen LogP contribution in [-0.2, 0) is 14.3 Å². The Balaban J connectivity index is 0. The van der Waals surface area contributed by atoms with Gasteiger partial charge in [0.15, 0.2) is 0 Å². The van der Waals surface area contributed by atoms with E-state index < -0.39 is 10.1 Å². The van der Waals surface area contributed by atoms with Crippen molar-refractivity contribution in [1.29, 1.82) is 0 Å². The molecule has 0 amide bonds. The minimum atomic E-state index is -3.42. The van der Waals surface area contributed by atoms with Gasteiger partial charge in [-0.1, -0.05) is 12.7 Å². The minimum absolute atomic E-state index is 0. The Morgan fingerprint density at radius 2 is 1.90 bits per heavy atom. The van der Waals surface area contributed by atoms with Crippen LogP contribution in [0, 0.1) is 0 Å². The van der Waals surface area contributed by atoms with Crippen molar-refractivity contribution in [2.24, 2.45) is 0 Å². The van der Waals surface area contributed by atoms with Gasteiger partial charge < -0.3 is 4.18 Å². The first-order chi connectivity index (χ1) is 4.12. The molecule has 0 N–H and O–H groups in total. The van der Waals surface area contributed by atoms with Gasteiger partial charge in [-0.05, 0) is 0 Å². The maximum absolute atomic E-state index is 10.5. The van der Waals surface area contributed by atoms with Crippen LogP contribution in [0.3, 0.4) is 0 Å². The molecular weight excluding hydrogens is 163 g/mol.